The van der Waals surface area contributed by atoms with Gasteiger partial charge >= 0.3 is 0 Å². The van der Waals surface area contributed by atoms with Crippen molar-refractivity contribution in [1.29, 1.82) is 5.26 Å². The molecule has 1 aromatic rings. The number of aryl methyl sites for hydroxylation is 1. The van der Waals surface area contributed by atoms with E-state index in [1.807, 2.05) is 0 Å². The summed E-state index contributed by atoms with van der Waals surface area (Å²) in [6.07, 6.45) is 2.08. The Kier molecular flexibility index (Phi) is 1.78. The zero-order valence-electron chi connectivity index (χ0n) is 6.72. The smallest absolute Gasteiger partial charge is 0.0916 e. The van der Waals surface area contributed by atoms with Gasteiger partial charge < -0.3 is 0 Å². The first kappa shape index (κ1) is 8.28. The molecule has 0 amide bonds. The molecule has 0 N–H and O–H groups in total. The first-order valence-corrected chi connectivity index (χ1v) is 5.46. The van der Waals surface area contributed by atoms with E-state index in [0.29, 0.717) is 0 Å². The SMILES string of the molecule is Cc1cc(C2(C#N)CC2)sc1Br. The molecule has 1 aromatic heterocycles. The maximum atomic E-state index is 8.95. The summed E-state index contributed by atoms with van der Waals surface area (Å²) in [5.41, 5.74) is 1.14. The molecule has 0 spiro atoms. The molecule has 2 rings (SSSR count). The number of rotatable bonds is 1. The number of nitriles is 1. The third-order valence-corrected chi connectivity index (χ3v) is 4.63. The van der Waals surface area contributed by atoms with E-state index in [1.165, 1.54) is 14.2 Å². The molecular weight excluding hydrogens is 234 g/mol. The standard InChI is InChI=1S/C9H8BrNS/c1-6-4-7(12-8(6)10)9(5-11)2-3-9/h4H,2-3H2,1H3. The highest BCUT2D eigenvalue weighted by molar-refractivity contribution is 9.11. The number of hydrogen-bond donors (Lipinski definition) is 0. The molecule has 12 heavy (non-hydrogen) atoms. The summed E-state index contributed by atoms with van der Waals surface area (Å²) < 4.78 is 1.17. The summed E-state index contributed by atoms with van der Waals surface area (Å²) in [7, 11) is 0. The first-order valence-electron chi connectivity index (χ1n) is 3.86. The van der Waals surface area contributed by atoms with Gasteiger partial charge in [-0.1, -0.05) is 0 Å². The van der Waals surface area contributed by atoms with Crippen molar-refractivity contribution in [2.45, 2.75) is 25.2 Å². The minimum atomic E-state index is -0.110. The quantitative estimate of drug-likeness (QED) is 0.740. The van der Waals surface area contributed by atoms with Gasteiger partial charge in [0.1, 0.15) is 0 Å². The van der Waals surface area contributed by atoms with E-state index in [0.717, 1.165) is 12.8 Å². The molecule has 0 unspecified atom stereocenters. The average molecular weight is 242 g/mol. The van der Waals surface area contributed by atoms with E-state index < -0.39 is 0 Å². The summed E-state index contributed by atoms with van der Waals surface area (Å²) >= 11 is 5.18. The van der Waals surface area contributed by atoms with Crippen molar-refractivity contribution in [2.24, 2.45) is 0 Å². The number of nitrogens with zero attached hydrogens (tertiary/aromatic N) is 1. The Morgan fingerprint density at radius 3 is 2.67 bits per heavy atom. The molecule has 1 aliphatic carbocycles. The molecule has 0 atom stereocenters. The van der Waals surface area contributed by atoms with Gasteiger partial charge in [0.2, 0.25) is 0 Å². The van der Waals surface area contributed by atoms with Crippen LogP contribution in [0.15, 0.2) is 9.85 Å². The molecule has 0 aliphatic heterocycles. The van der Waals surface area contributed by atoms with Gasteiger partial charge in [0.05, 0.1) is 15.3 Å². The number of hydrogen-bond acceptors (Lipinski definition) is 2. The summed E-state index contributed by atoms with van der Waals surface area (Å²) in [4.78, 5) is 1.23. The Labute approximate surface area is 84.2 Å². The second-order valence-electron chi connectivity index (χ2n) is 3.26. The van der Waals surface area contributed by atoms with Crippen molar-refractivity contribution in [3.8, 4) is 6.07 Å². The lowest BCUT2D eigenvalue weighted by Gasteiger charge is -1.98. The van der Waals surface area contributed by atoms with Crippen molar-refractivity contribution in [3.05, 3.63) is 20.3 Å². The molecule has 0 aromatic carbocycles. The van der Waals surface area contributed by atoms with Crippen LogP contribution in [0, 0.1) is 18.3 Å². The fraction of sp³-hybridized carbons (Fsp3) is 0.444. The van der Waals surface area contributed by atoms with Crippen molar-refractivity contribution in [2.75, 3.05) is 0 Å². The lowest BCUT2D eigenvalue weighted by molar-refractivity contribution is 0.935. The molecule has 1 heterocycles. The van der Waals surface area contributed by atoms with E-state index in [-0.39, 0.29) is 5.41 Å². The Balaban J connectivity index is 2.43. The first-order chi connectivity index (χ1) is 5.68. The lowest BCUT2D eigenvalue weighted by Crippen LogP contribution is -1.97. The predicted molar refractivity (Wildman–Crippen MR) is 53.3 cm³/mol. The summed E-state index contributed by atoms with van der Waals surface area (Å²) in [6.45, 7) is 2.07. The Morgan fingerprint density at radius 1 is 1.67 bits per heavy atom. The van der Waals surface area contributed by atoms with Crippen molar-refractivity contribution < 1.29 is 0 Å². The average Bonchev–Trinajstić information content (AvgIpc) is 2.77. The molecule has 0 saturated heterocycles. The van der Waals surface area contributed by atoms with Crippen molar-refractivity contribution in [3.63, 3.8) is 0 Å². The second kappa shape index (κ2) is 2.58. The van der Waals surface area contributed by atoms with Crippen LogP contribution in [0.1, 0.15) is 23.3 Å². The largest absolute Gasteiger partial charge is 0.197 e. The van der Waals surface area contributed by atoms with Crippen LogP contribution in [0.4, 0.5) is 0 Å². The highest BCUT2D eigenvalue weighted by Gasteiger charge is 2.46. The number of halogens is 1. The minimum absolute atomic E-state index is 0.110. The molecule has 1 nitrogen and oxygen atoms in total. The van der Waals surface area contributed by atoms with Gasteiger partial charge in [-0.15, -0.1) is 11.3 Å². The molecule has 0 radical (unpaired) electrons. The van der Waals surface area contributed by atoms with Gasteiger partial charge in [-0.25, -0.2) is 0 Å². The monoisotopic (exact) mass is 241 g/mol. The highest BCUT2D eigenvalue weighted by atomic mass is 79.9. The van der Waals surface area contributed by atoms with Gasteiger partial charge in [-0.05, 0) is 47.3 Å². The summed E-state index contributed by atoms with van der Waals surface area (Å²) in [5.74, 6) is 0. The van der Waals surface area contributed by atoms with Crippen LogP contribution in [0.5, 0.6) is 0 Å². The Morgan fingerprint density at radius 2 is 2.33 bits per heavy atom. The topological polar surface area (TPSA) is 23.8 Å². The van der Waals surface area contributed by atoms with Crippen molar-refractivity contribution >= 4 is 27.3 Å². The Hall–Kier alpha value is -0.330. The maximum Gasteiger partial charge on any atom is 0.0916 e. The summed E-state index contributed by atoms with van der Waals surface area (Å²) in [5, 5.41) is 8.95. The van der Waals surface area contributed by atoms with Crippen LogP contribution in [-0.4, -0.2) is 0 Å². The van der Waals surface area contributed by atoms with Crippen LogP contribution < -0.4 is 0 Å². The van der Waals surface area contributed by atoms with Crippen molar-refractivity contribution in [1.82, 2.24) is 0 Å². The third kappa shape index (κ3) is 1.10. The van der Waals surface area contributed by atoms with Gasteiger partial charge in [0.25, 0.3) is 0 Å². The van der Waals surface area contributed by atoms with Crippen LogP contribution >= 0.6 is 27.3 Å². The maximum absolute atomic E-state index is 8.95. The number of thiophene rings is 1. The van der Waals surface area contributed by atoms with Gasteiger partial charge in [0, 0.05) is 4.88 Å². The van der Waals surface area contributed by atoms with E-state index in [4.69, 9.17) is 5.26 Å². The molecular formula is C9H8BrNS. The van der Waals surface area contributed by atoms with Gasteiger partial charge in [0.15, 0.2) is 0 Å². The lowest BCUT2D eigenvalue weighted by atomic mass is 10.1. The van der Waals surface area contributed by atoms with Gasteiger partial charge in [-0.2, -0.15) is 5.26 Å². The minimum Gasteiger partial charge on any atom is -0.197 e. The normalized spacial score (nSPS) is 18.8. The molecule has 3 heteroatoms. The van der Waals surface area contributed by atoms with Crippen LogP contribution in [-0.2, 0) is 5.41 Å². The molecule has 1 saturated carbocycles. The van der Waals surface area contributed by atoms with Gasteiger partial charge in [-0.3, -0.25) is 0 Å². The molecule has 0 bridgehead atoms. The molecule has 62 valence electrons. The van der Waals surface area contributed by atoms with E-state index in [2.05, 4.69) is 35.0 Å². The fourth-order valence-corrected chi connectivity index (χ4v) is 2.97. The van der Waals surface area contributed by atoms with E-state index >= 15 is 0 Å². The van der Waals surface area contributed by atoms with Crippen LogP contribution in [0.2, 0.25) is 0 Å². The third-order valence-electron chi connectivity index (χ3n) is 2.29. The zero-order chi connectivity index (χ0) is 8.77. The predicted octanol–water partition coefficient (Wildman–Crippen LogP) is 3.37. The second-order valence-corrected chi connectivity index (χ2v) is 5.63. The highest BCUT2D eigenvalue weighted by Crippen LogP contribution is 2.51. The molecule has 1 aliphatic rings. The zero-order valence-corrected chi connectivity index (χ0v) is 9.13. The summed E-state index contributed by atoms with van der Waals surface area (Å²) in [6, 6.07) is 4.53. The fourth-order valence-electron chi connectivity index (χ4n) is 1.23. The van der Waals surface area contributed by atoms with Crippen LogP contribution in [0.25, 0.3) is 0 Å². The Bertz CT molecular complexity index is 338. The molecule has 1 fully saturated rings. The van der Waals surface area contributed by atoms with E-state index in [9.17, 15) is 0 Å². The van der Waals surface area contributed by atoms with E-state index in [1.54, 1.807) is 11.3 Å². The van der Waals surface area contributed by atoms with Crippen LogP contribution in [0.3, 0.4) is 0 Å².